The van der Waals surface area contributed by atoms with Gasteiger partial charge in [0, 0.05) is 11.6 Å². The topological polar surface area (TPSA) is 44.8 Å². The van der Waals surface area contributed by atoms with Crippen LogP contribution in [-0.2, 0) is 17.8 Å². The average Bonchev–Trinajstić information content (AvgIpc) is 2.23. The van der Waals surface area contributed by atoms with Crippen molar-refractivity contribution >= 4 is 31.2 Å². The van der Waals surface area contributed by atoms with Crippen molar-refractivity contribution in [2.24, 2.45) is 0 Å². The first-order valence-electron chi connectivity index (χ1n) is 7.48. The Morgan fingerprint density at radius 2 is 1.48 bits per heavy atom. The average molecular weight is 349 g/mol. The van der Waals surface area contributed by atoms with Crippen molar-refractivity contribution < 1.29 is 17.8 Å². The number of esters is 1. The smallest absolute Gasteiger partial charge is 0.330 e. The van der Waals surface area contributed by atoms with Gasteiger partial charge in [-0.05, 0) is 52.2 Å². The van der Waals surface area contributed by atoms with Crippen LogP contribution in [0.3, 0.4) is 0 Å². The summed E-state index contributed by atoms with van der Waals surface area (Å²) in [6, 6.07) is 0. The monoisotopic (exact) mass is 348 g/mol. The van der Waals surface area contributed by atoms with E-state index in [-0.39, 0.29) is 11.5 Å². The number of hydrogen-bond acceptors (Lipinski definition) is 4. The van der Waals surface area contributed by atoms with Gasteiger partial charge in [0.1, 0.15) is 0 Å². The van der Waals surface area contributed by atoms with Crippen LogP contribution in [0.5, 0.6) is 0 Å². The second kappa shape index (κ2) is 7.87. The number of rotatable bonds is 9. The summed E-state index contributed by atoms with van der Waals surface area (Å²) in [6.07, 6.45) is 1.95. The highest BCUT2D eigenvalue weighted by atomic mass is 28.5. The van der Waals surface area contributed by atoms with Crippen molar-refractivity contribution in [1.82, 2.24) is 0 Å². The van der Waals surface area contributed by atoms with E-state index in [0.29, 0.717) is 6.61 Å². The van der Waals surface area contributed by atoms with Crippen LogP contribution in [0.1, 0.15) is 13.3 Å². The van der Waals surface area contributed by atoms with Gasteiger partial charge in [0.25, 0.3) is 0 Å². The summed E-state index contributed by atoms with van der Waals surface area (Å²) in [5.74, 6) is -0.372. The lowest BCUT2D eigenvalue weighted by Gasteiger charge is -2.42. The third-order valence-corrected chi connectivity index (χ3v) is 13.1. The molecule has 0 fully saturated rings. The predicted octanol–water partition coefficient (Wildman–Crippen LogP) is 4.27. The highest BCUT2D eigenvalue weighted by molar-refractivity contribution is 6.88. The fourth-order valence-corrected chi connectivity index (χ4v) is 14.6. The number of carbonyl (C=O) groups is 1. The van der Waals surface area contributed by atoms with Crippen LogP contribution in [0.4, 0.5) is 0 Å². The minimum atomic E-state index is -2.30. The maximum Gasteiger partial charge on any atom is 0.330 e. The lowest BCUT2D eigenvalue weighted by molar-refractivity contribution is -0.137. The number of ether oxygens (including phenoxy) is 1. The van der Waals surface area contributed by atoms with Crippen LogP contribution in [-0.4, -0.2) is 37.8 Å². The second-order valence-electron chi connectivity index (χ2n) is 7.51. The van der Waals surface area contributed by atoms with E-state index < -0.39 is 25.2 Å². The SMILES string of the molecule is C=CC(=O)OCCC(C)[Si](C)(O[Si](C)(C)C)O[Si](C)(C)C. The fourth-order valence-electron chi connectivity index (χ4n) is 2.10. The Balaban J connectivity index is 4.86. The first-order valence-corrected chi connectivity index (χ1v) is 16.7. The Morgan fingerprint density at radius 3 is 1.81 bits per heavy atom. The maximum absolute atomic E-state index is 11.1. The molecular formula is C14H32O4Si3. The molecule has 1 unspecified atom stereocenters. The minimum absolute atomic E-state index is 0.272. The molecule has 0 heterocycles. The summed E-state index contributed by atoms with van der Waals surface area (Å²) in [5, 5.41) is 0. The van der Waals surface area contributed by atoms with Gasteiger partial charge in [-0.15, -0.1) is 0 Å². The molecule has 7 heteroatoms. The quantitative estimate of drug-likeness (QED) is 0.354. The van der Waals surface area contributed by atoms with Crippen LogP contribution in [0.25, 0.3) is 0 Å². The lowest BCUT2D eigenvalue weighted by Crippen LogP contribution is -2.55. The van der Waals surface area contributed by atoms with Gasteiger partial charge in [0.05, 0.1) is 6.61 Å². The van der Waals surface area contributed by atoms with Gasteiger partial charge in [-0.1, -0.05) is 13.5 Å². The van der Waals surface area contributed by atoms with E-state index in [0.717, 1.165) is 6.42 Å². The van der Waals surface area contributed by atoms with Crippen LogP contribution < -0.4 is 0 Å². The molecule has 0 N–H and O–H groups in total. The third kappa shape index (κ3) is 9.41. The largest absolute Gasteiger partial charge is 0.463 e. The van der Waals surface area contributed by atoms with E-state index >= 15 is 0 Å². The van der Waals surface area contributed by atoms with Crippen LogP contribution >= 0.6 is 0 Å². The molecule has 0 aromatic carbocycles. The molecule has 4 nitrogen and oxygen atoms in total. The fraction of sp³-hybridized carbons (Fsp3) is 0.786. The van der Waals surface area contributed by atoms with E-state index in [9.17, 15) is 4.79 Å². The molecule has 0 aliphatic rings. The molecule has 0 amide bonds. The Kier molecular flexibility index (Phi) is 7.78. The van der Waals surface area contributed by atoms with Gasteiger partial charge in [-0.3, -0.25) is 0 Å². The van der Waals surface area contributed by atoms with Crippen LogP contribution in [0.2, 0.25) is 51.4 Å². The van der Waals surface area contributed by atoms with E-state index in [4.69, 9.17) is 13.0 Å². The molecule has 0 aliphatic heterocycles. The van der Waals surface area contributed by atoms with Crippen LogP contribution in [0.15, 0.2) is 12.7 Å². The zero-order valence-corrected chi connectivity index (χ0v) is 17.9. The van der Waals surface area contributed by atoms with Gasteiger partial charge in [0.15, 0.2) is 16.6 Å². The van der Waals surface area contributed by atoms with E-state index in [1.807, 2.05) is 0 Å². The van der Waals surface area contributed by atoms with Crippen molar-refractivity contribution in [2.75, 3.05) is 6.61 Å². The van der Waals surface area contributed by atoms with Gasteiger partial charge in [-0.2, -0.15) is 0 Å². The molecule has 0 saturated heterocycles. The summed E-state index contributed by atoms with van der Waals surface area (Å²) in [5.41, 5.74) is 0.272. The zero-order chi connectivity index (χ0) is 16.9. The standard InChI is InChI=1S/C14H32O4Si3/c1-10-14(15)16-12-11-13(2)21(9,17-19(3,4)5)18-20(6,7)8/h10,13H,1,11-12H2,2-9H3. The van der Waals surface area contributed by atoms with Crippen molar-refractivity contribution in [2.45, 2.75) is 64.7 Å². The Bertz CT molecular complexity index is 342. The molecule has 0 rings (SSSR count). The van der Waals surface area contributed by atoms with Crippen molar-refractivity contribution in [3.8, 4) is 0 Å². The lowest BCUT2D eigenvalue weighted by atomic mass is 10.3. The Hall–Kier alpha value is -0.219. The summed E-state index contributed by atoms with van der Waals surface area (Å²) >= 11 is 0. The van der Waals surface area contributed by atoms with Gasteiger partial charge in [-0.25, -0.2) is 4.79 Å². The predicted molar refractivity (Wildman–Crippen MR) is 95.7 cm³/mol. The van der Waals surface area contributed by atoms with Crippen molar-refractivity contribution in [3.05, 3.63) is 12.7 Å². The normalized spacial score (nSPS) is 14.7. The first-order chi connectivity index (χ1) is 9.29. The molecule has 0 aliphatic carbocycles. The Morgan fingerprint density at radius 1 is 1.05 bits per heavy atom. The summed E-state index contributed by atoms with van der Waals surface area (Å²) in [6.45, 7) is 21.2. The molecule has 0 bridgehead atoms. The molecule has 1 atom stereocenters. The summed E-state index contributed by atoms with van der Waals surface area (Å²) in [7, 11) is -5.68. The Labute approximate surface area is 133 Å². The first kappa shape index (κ1) is 20.8. The molecular weight excluding hydrogens is 316 g/mol. The third-order valence-electron chi connectivity index (χ3n) is 2.87. The van der Waals surface area contributed by atoms with Crippen molar-refractivity contribution in [3.63, 3.8) is 0 Å². The molecule has 0 saturated carbocycles. The molecule has 124 valence electrons. The maximum atomic E-state index is 11.1. The zero-order valence-electron chi connectivity index (χ0n) is 14.9. The van der Waals surface area contributed by atoms with E-state index in [1.54, 1.807) is 0 Å². The van der Waals surface area contributed by atoms with Gasteiger partial charge < -0.3 is 13.0 Å². The number of carbonyl (C=O) groups excluding carboxylic acids is 1. The molecule has 0 spiro atoms. The molecule has 21 heavy (non-hydrogen) atoms. The highest BCUT2D eigenvalue weighted by Crippen LogP contribution is 2.32. The highest BCUT2D eigenvalue weighted by Gasteiger charge is 2.44. The second-order valence-corrected chi connectivity index (χ2v) is 20.6. The van der Waals surface area contributed by atoms with E-state index in [2.05, 4.69) is 59.3 Å². The van der Waals surface area contributed by atoms with Crippen LogP contribution in [0, 0.1) is 0 Å². The van der Waals surface area contributed by atoms with Gasteiger partial charge >= 0.3 is 14.5 Å². The number of hydrogen-bond donors (Lipinski definition) is 0. The van der Waals surface area contributed by atoms with Gasteiger partial charge in [0.2, 0.25) is 0 Å². The molecule has 0 aromatic heterocycles. The summed E-state index contributed by atoms with van der Waals surface area (Å²) in [4.78, 5) is 11.1. The summed E-state index contributed by atoms with van der Waals surface area (Å²) < 4.78 is 18.0. The molecule has 0 radical (unpaired) electrons. The van der Waals surface area contributed by atoms with Crippen molar-refractivity contribution in [1.29, 1.82) is 0 Å². The van der Waals surface area contributed by atoms with E-state index in [1.165, 1.54) is 6.08 Å². The molecule has 0 aromatic rings. The minimum Gasteiger partial charge on any atom is -0.463 e.